The lowest BCUT2D eigenvalue weighted by Crippen LogP contribution is -2.26. The summed E-state index contributed by atoms with van der Waals surface area (Å²) in [5, 5.41) is 0. The summed E-state index contributed by atoms with van der Waals surface area (Å²) in [5.41, 5.74) is 3.56. The standard InChI is InChI=1S/C19H19N3O2S/c23-25(24,12-10-16-5-2-1-3-6-16)22-14-17-8-9-19(21-13-17)18-7-4-11-20-15-18/h1-9,11,13,15,22H,10,12,14H2. The number of rotatable bonds is 7. The Balaban J connectivity index is 1.55. The molecule has 128 valence electrons. The summed E-state index contributed by atoms with van der Waals surface area (Å²) in [5.74, 6) is 0.0677. The monoisotopic (exact) mass is 353 g/mol. The van der Waals surface area contributed by atoms with E-state index in [2.05, 4.69) is 14.7 Å². The minimum atomic E-state index is -3.33. The van der Waals surface area contributed by atoms with Crippen LogP contribution >= 0.6 is 0 Å². The first-order valence-electron chi connectivity index (χ1n) is 7.99. The number of pyridine rings is 2. The first-order valence-corrected chi connectivity index (χ1v) is 9.64. The van der Waals surface area contributed by atoms with Gasteiger partial charge < -0.3 is 0 Å². The van der Waals surface area contributed by atoms with E-state index in [1.54, 1.807) is 18.6 Å². The zero-order valence-electron chi connectivity index (χ0n) is 13.7. The molecular formula is C19H19N3O2S. The van der Waals surface area contributed by atoms with Gasteiger partial charge in [-0.15, -0.1) is 0 Å². The number of aryl methyl sites for hydroxylation is 1. The Kier molecular flexibility index (Phi) is 5.53. The van der Waals surface area contributed by atoms with E-state index in [9.17, 15) is 8.42 Å². The van der Waals surface area contributed by atoms with Gasteiger partial charge in [-0.05, 0) is 35.7 Å². The maximum absolute atomic E-state index is 12.1. The summed E-state index contributed by atoms with van der Waals surface area (Å²) in [7, 11) is -3.33. The summed E-state index contributed by atoms with van der Waals surface area (Å²) in [6.07, 6.45) is 5.63. The highest BCUT2D eigenvalue weighted by atomic mass is 32.2. The van der Waals surface area contributed by atoms with Crippen LogP contribution in [-0.2, 0) is 23.0 Å². The third-order valence-corrected chi connectivity index (χ3v) is 5.11. The van der Waals surface area contributed by atoms with Gasteiger partial charge in [0.25, 0.3) is 0 Å². The molecule has 0 spiro atoms. The van der Waals surface area contributed by atoms with Crippen LogP contribution in [-0.4, -0.2) is 24.1 Å². The fourth-order valence-corrected chi connectivity index (χ4v) is 3.41. The third kappa shape index (κ3) is 5.20. The molecule has 1 aromatic carbocycles. The van der Waals surface area contributed by atoms with E-state index in [0.29, 0.717) is 6.42 Å². The molecule has 0 atom stereocenters. The predicted octanol–water partition coefficient (Wildman–Crippen LogP) is 2.81. The van der Waals surface area contributed by atoms with Gasteiger partial charge in [0.1, 0.15) is 0 Å². The van der Waals surface area contributed by atoms with Crippen molar-refractivity contribution in [1.29, 1.82) is 0 Å². The normalized spacial score (nSPS) is 11.4. The number of nitrogens with zero attached hydrogens (tertiary/aromatic N) is 2. The lowest BCUT2D eigenvalue weighted by atomic mass is 10.1. The summed E-state index contributed by atoms with van der Waals surface area (Å²) in [6, 6.07) is 17.1. The van der Waals surface area contributed by atoms with E-state index < -0.39 is 10.0 Å². The van der Waals surface area contributed by atoms with Crippen LogP contribution in [0.4, 0.5) is 0 Å². The van der Waals surface area contributed by atoms with Gasteiger partial charge in [-0.1, -0.05) is 36.4 Å². The van der Waals surface area contributed by atoms with Crippen molar-refractivity contribution in [3.63, 3.8) is 0 Å². The summed E-state index contributed by atoms with van der Waals surface area (Å²) in [4.78, 5) is 8.43. The summed E-state index contributed by atoms with van der Waals surface area (Å²) >= 11 is 0. The summed E-state index contributed by atoms with van der Waals surface area (Å²) < 4.78 is 26.9. The fourth-order valence-electron chi connectivity index (χ4n) is 2.38. The first kappa shape index (κ1) is 17.3. The molecule has 0 bridgehead atoms. The van der Waals surface area contributed by atoms with Crippen molar-refractivity contribution in [3.8, 4) is 11.3 Å². The van der Waals surface area contributed by atoms with Crippen molar-refractivity contribution in [3.05, 3.63) is 84.3 Å². The average molecular weight is 353 g/mol. The van der Waals surface area contributed by atoms with E-state index in [0.717, 1.165) is 22.4 Å². The number of nitrogens with one attached hydrogen (secondary N) is 1. The minimum Gasteiger partial charge on any atom is -0.264 e. The molecule has 0 aliphatic rings. The maximum atomic E-state index is 12.1. The zero-order chi connectivity index (χ0) is 17.5. The molecule has 3 aromatic rings. The Morgan fingerprint density at radius 1 is 0.880 bits per heavy atom. The van der Waals surface area contributed by atoms with E-state index in [1.165, 1.54) is 0 Å². The van der Waals surface area contributed by atoms with Crippen molar-refractivity contribution in [2.75, 3.05) is 5.75 Å². The zero-order valence-corrected chi connectivity index (χ0v) is 14.5. The van der Waals surface area contributed by atoms with Crippen LogP contribution in [0, 0.1) is 0 Å². The first-order chi connectivity index (χ1) is 12.1. The molecule has 0 saturated carbocycles. The second-order valence-electron chi connectivity index (χ2n) is 5.67. The van der Waals surface area contributed by atoms with Crippen LogP contribution in [0.2, 0.25) is 0 Å². The van der Waals surface area contributed by atoms with Crippen molar-refractivity contribution in [1.82, 2.24) is 14.7 Å². The molecule has 0 unspecified atom stereocenters. The molecule has 0 radical (unpaired) electrons. The van der Waals surface area contributed by atoms with Crippen molar-refractivity contribution in [2.45, 2.75) is 13.0 Å². The van der Waals surface area contributed by atoms with E-state index in [-0.39, 0.29) is 12.3 Å². The van der Waals surface area contributed by atoms with Gasteiger partial charge in [0.05, 0.1) is 11.4 Å². The Labute approximate surface area is 147 Å². The number of hydrogen-bond donors (Lipinski definition) is 1. The lowest BCUT2D eigenvalue weighted by molar-refractivity contribution is 0.580. The van der Waals surface area contributed by atoms with Crippen LogP contribution in [0.3, 0.4) is 0 Å². The molecule has 5 nitrogen and oxygen atoms in total. The molecule has 6 heteroatoms. The smallest absolute Gasteiger partial charge is 0.212 e. The SMILES string of the molecule is O=S(=O)(CCc1ccccc1)NCc1ccc(-c2cccnc2)nc1. The molecule has 0 saturated heterocycles. The minimum absolute atomic E-state index is 0.0677. The van der Waals surface area contributed by atoms with Gasteiger partial charge in [-0.2, -0.15) is 0 Å². The molecule has 2 aromatic heterocycles. The molecule has 3 rings (SSSR count). The maximum Gasteiger partial charge on any atom is 0.212 e. The van der Waals surface area contributed by atoms with Crippen LogP contribution < -0.4 is 4.72 Å². The average Bonchev–Trinajstić information content (AvgIpc) is 2.67. The van der Waals surface area contributed by atoms with Gasteiger partial charge in [-0.25, -0.2) is 13.1 Å². The van der Waals surface area contributed by atoms with Gasteiger partial charge in [-0.3, -0.25) is 9.97 Å². The Hall–Kier alpha value is -2.57. The highest BCUT2D eigenvalue weighted by Crippen LogP contribution is 2.15. The predicted molar refractivity (Wildman–Crippen MR) is 98.2 cm³/mol. The van der Waals surface area contributed by atoms with Crippen molar-refractivity contribution in [2.24, 2.45) is 0 Å². The highest BCUT2D eigenvalue weighted by Gasteiger charge is 2.10. The quantitative estimate of drug-likeness (QED) is 0.709. The number of sulfonamides is 1. The number of benzene rings is 1. The van der Waals surface area contributed by atoms with Crippen LogP contribution in [0.1, 0.15) is 11.1 Å². The van der Waals surface area contributed by atoms with E-state index in [4.69, 9.17) is 0 Å². The molecule has 1 N–H and O–H groups in total. The van der Waals surface area contributed by atoms with E-state index >= 15 is 0 Å². The van der Waals surface area contributed by atoms with Crippen molar-refractivity contribution >= 4 is 10.0 Å². The lowest BCUT2D eigenvalue weighted by Gasteiger charge is -2.07. The molecule has 0 fully saturated rings. The second kappa shape index (κ2) is 8.00. The Morgan fingerprint density at radius 2 is 1.72 bits per heavy atom. The Morgan fingerprint density at radius 3 is 2.40 bits per heavy atom. The number of aromatic nitrogens is 2. The van der Waals surface area contributed by atoms with Crippen LogP contribution in [0.25, 0.3) is 11.3 Å². The van der Waals surface area contributed by atoms with Gasteiger partial charge in [0.2, 0.25) is 10.0 Å². The molecule has 2 heterocycles. The molecule has 25 heavy (non-hydrogen) atoms. The van der Waals surface area contributed by atoms with E-state index in [1.807, 2.05) is 54.6 Å². The third-order valence-electron chi connectivity index (χ3n) is 3.78. The number of hydrogen-bond acceptors (Lipinski definition) is 4. The molecule has 0 amide bonds. The highest BCUT2D eigenvalue weighted by molar-refractivity contribution is 7.89. The largest absolute Gasteiger partial charge is 0.264 e. The molecule has 0 aliphatic heterocycles. The van der Waals surface area contributed by atoms with Gasteiger partial charge in [0.15, 0.2) is 0 Å². The summed E-state index contributed by atoms with van der Waals surface area (Å²) in [6.45, 7) is 0.234. The second-order valence-corrected chi connectivity index (χ2v) is 7.60. The van der Waals surface area contributed by atoms with Crippen LogP contribution in [0.15, 0.2) is 73.2 Å². The molecular weight excluding hydrogens is 334 g/mol. The topological polar surface area (TPSA) is 72.0 Å². The molecule has 0 aliphatic carbocycles. The van der Waals surface area contributed by atoms with Gasteiger partial charge in [0, 0.05) is 30.7 Å². The van der Waals surface area contributed by atoms with Gasteiger partial charge >= 0.3 is 0 Å². The van der Waals surface area contributed by atoms with Crippen molar-refractivity contribution < 1.29 is 8.42 Å². The fraction of sp³-hybridized carbons (Fsp3) is 0.158. The van der Waals surface area contributed by atoms with Crippen LogP contribution in [0.5, 0.6) is 0 Å². The Bertz CT molecular complexity index is 896.